The van der Waals surface area contributed by atoms with Crippen molar-refractivity contribution in [2.24, 2.45) is 0 Å². The van der Waals surface area contributed by atoms with Crippen LogP contribution in [0, 0.1) is 5.82 Å². The van der Waals surface area contributed by atoms with Crippen LogP contribution in [-0.4, -0.2) is 56.1 Å². The molecular weight excluding hydrogens is 315 g/mol. The molecule has 118 valence electrons. The number of aliphatic hydroxyl groups excluding tert-OH is 1. The molecule has 1 saturated heterocycles. The zero-order valence-electron chi connectivity index (χ0n) is 11.6. The van der Waals surface area contributed by atoms with Gasteiger partial charge in [-0.3, -0.25) is 0 Å². The highest BCUT2D eigenvalue weighted by Crippen LogP contribution is 2.15. The molecule has 1 aliphatic rings. The fourth-order valence-corrected chi connectivity index (χ4v) is 4.14. The predicted molar refractivity (Wildman–Crippen MR) is 81.3 cm³/mol. The highest BCUT2D eigenvalue weighted by molar-refractivity contribution is 7.99. The molecule has 0 unspecified atom stereocenters. The highest BCUT2D eigenvalue weighted by atomic mass is 32.2. The third-order valence-corrected chi connectivity index (χ3v) is 5.72. The number of hydrogen-bond acceptors (Lipinski definition) is 5. The van der Waals surface area contributed by atoms with Crippen LogP contribution < -0.4 is 4.72 Å². The molecule has 2 N–H and O–H groups in total. The van der Waals surface area contributed by atoms with Gasteiger partial charge in [0.2, 0.25) is 10.0 Å². The van der Waals surface area contributed by atoms with Crippen molar-refractivity contribution in [3.63, 3.8) is 0 Å². The van der Waals surface area contributed by atoms with Crippen molar-refractivity contribution in [3.8, 4) is 0 Å². The Bertz CT molecular complexity index is 575. The fourth-order valence-electron chi connectivity index (χ4n) is 2.09. The third-order valence-electron chi connectivity index (χ3n) is 3.32. The molecule has 8 heteroatoms. The minimum atomic E-state index is -3.67. The smallest absolute Gasteiger partial charge is 0.240 e. The molecule has 1 aliphatic heterocycles. The van der Waals surface area contributed by atoms with Crippen LogP contribution in [-0.2, 0) is 16.6 Å². The maximum absolute atomic E-state index is 13.3. The first-order chi connectivity index (χ1) is 10.0. The summed E-state index contributed by atoms with van der Waals surface area (Å²) in [5.41, 5.74) is -0.0223. The molecule has 1 fully saturated rings. The first-order valence-corrected chi connectivity index (χ1v) is 9.36. The van der Waals surface area contributed by atoms with Crippen molar-refractivity contribution in [3.05, 3.63) is 29.6 Å². The summed E-state index contributed by atoms with van der Waals surface area (Å²) in [4.78, 5) is 2.19. The Morgan fingerprint density at radius 3 is 2.71 bits per heavy atom. The first-order valence-electron chi connectivity index (χ1n) is 6.72. The van der Waals surface area contributed by atoms with Crippen molar-refractivity contribution < 1.29 is 17.9 Å². The van der Waals surface area contributed by atoms with E-state index in [1.165, 1.54) is 6.07 Å². The molecule has 0 atom stereocenters. The van der Waals surface area contributed by atoms with Gasteiger partial charge in [0.15, 0.2) is 0 Å². The number of rotatable bonds is 6. The summed E-state index contributed by atoms with van der Waals surface area (Å²) < 4.78 is 40.0. The van der Waals surface area contributed by atoms with E-state index >= 15 is 0 Å². The molecule has 0 radical (unpaired) electrons. The average molecular weight is 334 g/mol. The van der Waals surface area contributed by atoms with E-state index in [9.17, 15) is 12.8 Å². The molecule has 5 nitrogen and oxygen atoms in total. The number of aliphatic hydroxyl groups is 1. The Kier molecular flexibility index (Phi) is 6.00. The van der Waals surface area contributed by atoms with Crippen LogP contribution in [0.2, 0.25) is 0 Å². The van der Waals surface area contributed by atoms with E-state index in [0.29, 0.717) is 13.1 Å². The summed E-state index contributed by atoms with van der Waals surface area (Å²) in [5, 5.41) is 8.99. The summed E-state index contributed by atoms with van der Waals surface area (Å²) in [6.45, 7) is 2.39. The number of nitrogens with one attached hydrogen (secondary N) is 1. The second kappa shape index (κ2) is 7.55. The van der Waals surface area contributed by atoms with Gasteiger partial charge in [0.1, 0.15) is 5.82 Å². The van der Waals surface area contributed by atoms with Crippen LogP contribution in [0.4, 0.5) is 4.39 Å². The van der Waals surface area contributed by atoms with Crippen LogP contribution >= 0.6 is 11.8 Å². The van der Waals surface area contributed by atoms with Gasteiger partial charge in [0.05, 0.1) is 11.5 Å². The van der Waals surface area contributed by atoms with Crippen LogP contribution in [0.1, 0.15) is 5.56 Å². The molecule has 1 heterocycles. The van der Waals surface area contributed by atoms with E-state index in [0.717, 1.165) is 36.7 Å². The Balaban J connectivity index is 1.94. The van der Waals surface area contributed by atoms with E-state index in [2.05, 4.69) is 9.62 Å². The second-order valence-electron chi connectivity index (χ2n) is 4.76. The van der Waals surface area contributed by atoms with Crippen LogP contribution in [0.25, 0.3) is 0 Å². The van der Waals surface area contributed by atoms with E-state index in [4.69, 9.17) is 5.11 Å². The van der Waals surface area contributed by atoms with Gasteiger partial charge in [-0.1, -0.05) is 0 Å². The van der Waals surface area contributed by atoms with Gasteiger partial charge in [-0.25, -0.2) is 17.5 Å². The zero-order valence-corrected chi connectivity index (χ0v) is 13.2. The number of hydrogen-bond donors (Lipinski definition) is 2. The Morgan fingerprint density at radius 2 is 2.05 bits per heavy atom. The predicted octanol–water partition coefficient (Wildman–Crippen LogP) is 0.645. The maximum Gasteiger partial charge on any atom is 0.240 e. The van der Waals surface area contributed by atoms with Crippen molar-refractivity contribution in [2.75, 3.05) is 37.7 Å². The number of sulfonamides is 1. The standard InChI is InChI=1S/C13H19FN2O3S2/c14-13-2-1-12(9-11(13)10-17)21(18,19)15-3-4-16-5-7-20-8-6-16/h1-2,9,15,17H,3-8,10H2. The number of halogens is 1. The Morgan fingerprint density at radius 1 is 1.33 bits per heavy atom. The lowest BCUT2D eigenvalue weighted by atomic mass is 10.2. The van der Waals surface area contributed by atoms with E-state index < -0.39 is 22.4 Å². The van der Waals surface area contributed by atoms with Gasteiger partial charge in [-0.05, 0) is 18.2 Å². The molecule has 1 aromatic carbocycles. The first kappa shape index (κ1) is 16.7. The van der Waals surface area contributed by atoms with Gasteiger partial charge in [0, 0.05) is 43.2 Å². The second-order valence-corrected chi connectivity index (χ2v) is 7.75. The minimum Gasteiger partial charge on any atom is -0.392 e. The monoisotopic (exact) mass is 334 g/mol. The number of nitrogens with zero attached hydrogens (tertiary/aromatic N) is 1. The molecular formula is C13H19FN2O3S2. The summed E-state index contributed by atoms with van der Waals surface area (Å²) in [5.74, 6) is 1.54. The average Bonchev–Trinajstić information content (AvgIpc) is 2.48. The molecule has 21 heavy (non-hydrogen) atoms. The van der Waals surface area contributed by atoms with Gasteiger partial charge >= 0.3 is 0 Å². The number of benzene rings is 1. The van der Waals surface area contributed by atoms with Crippen LogP contribution in [0.15, 0.2) is 23.1 Å². The molecule has 0 amide bonds. The molecule has 0 spiro atoms. The summed E-state index contributed by atoms with van der Waals surface area (Å²) in [7, 11) is -3.67. The van der Waals surface area contributed by atoms with E-state index in [-0.39, 0.29) is 10.5 Å². The fraction of sp³-hybridized carbons (Fsp3) is 0.538. The Hall–Kier alpha value is -0.670. The van der Waals surface area contributed by atoms with Crippen molar-refractivity contribution in [2.45, 2.75) is 11.5 Å². The normalized spacial score (nSPS) is 17.0. The zero-order chi connectivity index (χ0) is 15.3. The van der Waals surface area contributed by atoms with Crippen LogP contribution in [0.5, 0.6) is 0 Å². The summed E-state index contributed by atoms with van der Waals surface area (Å²) >= 11 is 1.90. The topological polar surface area (TPSA) is 69.6 Å². The van der Waals surface area contributed by atoms with Gasteiger partial charge in [0.25, 0.3) is 0 Å². The molecule has 2 rings (SSSR count). The van der Waals surface area contributed by atoms with E-state index in [1.54, 1.807) is 0 Å². The maximum atomic E-state index is 13.3. The number of thioether (sulfide) groups is 1. The van der Waals surface area contributed by atoms with Crippen LogP contribution in [0.3, 0.4) is 0 Å². The third kappa shape index (κ3) is 4.65. The lowest BCUT2D eigenvalue weighted by molar-refractivity contribution is 0.275. The quantitative estimate of drug-likeness (QED) is 0.799. The summed E-state index contributed by atoms with van der Waals surface area (Å²) in [6, 6.07) is 3.42. The van der Waals surface area contributed by atoms with Gasteiger partial charge in [-0.15, -0.1) is 0 Å². The van der Waals surface area contributed by atoms with E-state index in [1.807, 2.05) is 11.8 Å². The van der Waals surface area contributed by atoms with Crippen molar-refractivity contribution in [1.29, 1.82) is 0 Å². The van der Waals surface area contributed by atoms with Crippen molar-refractivity contribution >= 4 is 21.8 Å². The molecule has 0 aliphatic carbocycles. The molecule has 0 bridgehead atoms. The summed E-state index contributed by atoms with van der Waals surface area (Å²) in [6.07, 6.45) is 0. The highest BCUT2D eigenvalue weighted by Gasteiger charge is 2.17. The SMILES string of the molecule is O=S(=O)(NCCN1CCSCC1)c1ccc(F)c(CO)c1. The van der Waals surface area contributed by atoms with Gasteiger partial charge in [-0.2, -0.15) is 11.8 Å². The molecule has 0 saturated carbocycles. The largest absolute Gasteiger partial charge is 0.392 e. The van der Waals surface area contributed by atoms with Crippen molar-refractivity contribution in [1.82, 2.24) is 9.62 Å². The Labute approximate surface area is 128 Å². The minimum absolute atomic E-state index is 0.0223. The lowest BCUT2D eigenvalue weighted by Gasteiger charge is -2.25. The van der Waals surface area contributed by atoms with Gasteiger partial charge < -0.3 is 10.0 Å². The molecule has 1 aromatic rings. The lowest BCUT2D eigenvalue weighted by Crippen LogP contribution is -2.39. The molecule has 0 aromatic heterocycles.